The number of aliphatic hydroxyl groups is 1. The molecule has 0 aliphatic carbocycles. The van der Waals surface area contributed by atoms with Crippen LogP contribution < -0.4 is 5.32 Å². The van der Waals surface area contributed by atoms with Gasteiger partial charge in [-0.05, 0) is 39.7 Å². The molecule has 5 nitrogen and oxygen atoms in total. The molecule has 138 valence electrons. The van der Waals surface area contributed by atoms with Crippen molar-refractivity contribution in [3.63, 3.8) is 0 Å². The molecule has 3 atom stereocenters. The molecule has 1 unspecified atom stereocenters. The SMILES string of the molecule is C=CCC(CC(=O)OC(C)(C)C)C(=O)N[C@@H](C)[C@@H](O)c1ccccc1. The summed E-state index contributed by atoms with van der Waals surface area (Å²) in [6.45, 7) is 10.7. The number of aliphatic hydroxyl groups excluding tert-OH is 1. The van der Waals surface area contributed by atoms with Crippen LogP contribution in [0.5, 0.6) is 0 Å². The Balaban J connectivity index is 2.69. The minimum absolute atomic E-state index is 0.0245. The molecule has 1 aromatic carbocycles. The van der Waals surface area contributed by atoms with E-state index >= 15 is 0 Å². The van der Waals surface area contributed by atoms with Crippen molar-refractivity contribution >= 4 is 11.9 Å². The van der Waals surface area contributed by atoms with Gasteiger partial charge in [-0.15, -0.1) is 6.58 Å². The van der Waals surface area contributed by atoms with Gasteiger partial charge in [-0.3, -0.25) is 9.59 Å². The van der Waals surface area contributed by atoms with Gasteiger partial charge in [-0.2, -0.15) is 0 Å². The fourth-order valence-electron chi connectivity index (χ4n) is 2.43. The van der Waals surface area contributed by atoms with Crippen molar-refractivity contribution in [3.8, 4) is 0 Å². The molecule has 1 amide bonds. The number of ether oxygens (including phenoxy) is 1. The number of allylic oxidation sites excluding steroid dienone is 1. The molecule has 5 heteroatoms. The topological polar surface area (TPSA) is 75.6 Å². The standard InChI is InChI=1S/C20H29NO4/c1-6-10-16(13-17(22)25-20(3,4)5)19(24)21-14(2)18(23)15-11-8-7-9-12-15/h6-9,11-12,14,16,18,23H,1,10,13H2,2-5H3,(H,21,24)/t14-,16?,18+/m0/s1. The van der Waals surface area contributed by atoms with E-state index in [-0.39, 0.29) is 12.3 Å². The molecule has 0 fully saturated rings. The molecule has 25 heavy (non-hydrogen) atoms. The predicted octanol–water partition coefficient (Wildman–Crippen LogP) is 3.15. The molecule has 2 N–H and O–H groups in total. The summed E-state index contributed by atoms with van der Waals surface area (Å²) in [4.78, 5) is 24.5. The molecular weight excluding hydrogens is 318 g/mol. The first-order valence-corrected chi connectivity index (χ1v) is 8.50. The van der Waals surface area contributed by atoms with Gasteiger partial charge in [0.05, 0.1) is 24.5 Å². The summed E-state index contributed by atoms with van der Waals surface area (Å²) in [5.41, 5.74) is 0.131. The zero-order chi connectivity index (χ0) is 19.0. The number of carbonyl (C=O) groups excluding carboxylic acids is 2. The van der Waals surface area contributed by atoms with E-state index in [4.69, 9.17) is 4.74 Å². The number of hydrogen-bond donors (Lipinski definition) is 2. The first-order valence-electron chi connectivity index (χ1n) is 8.50. The van der Waals surface area contributed by atoms with Gasteiger partial charge in [-0.25, -0.2) is 0 Å². The maximum Gasteiger partial charge on any atom is 0.307 e. The fourth-order valence-corrected chi connectivity index (χ4v) is 2.43. The predicted molar refractivity (Wildman–Crippen MR) is 97.8 cm³/mol. The van der Waals surface area contributed by atoms with Gasteiger partial charge in [0, 0.05) is 0 Å². The lowest BCUT2D eigenvalue weighted by Crippen LogP contribution is -2.41. The lowest BCUT2D eigenvalue weighted by atomic mass is 9.98. The van der Waals surface area contributed by atoms with Crippen LogP contribution in [-0.2, 0) is 14.3 Å². The monoisotopic (exact) mass is 347 g/mol. The minimum Gasteiger partial charge on any atom is -0.460 e. The fraction of sp³-hybridized carbons (Fsp3) is 0.500. The van der Waals surface area contributed by atoms with Crippen molar-refractivity contribution in [3.05, 3.63) is 48.6 Å². The van der Waals surface area contributed by atoms with Gasteiger partial charge in [0.25, 0.3) is 0 Å². The average molecular weight is 347 g/mol. The maximum atomic E-state index is 12.5. The number of amides is 1. The quantitative estimate of drug-likeness (QED) is 0.559. The maximum absolute atomic E-state index is 12.5. The van der Waals surface area contributed by atoms with Crippen LogP contribution in [0.2, 0.25) is 0 Å². The van der Waals surface area contributed by atoms with E-state index in [1.54, 1.807) is 45.9 Å². The first-order chi connectivity index (χ1) is 11.6. The average Bonchev–Trinajstić information content (AvgIpc) is 2.52. The Labute approximate surface area is 150 Å². The van der Waals surface area contributed by atoms with Crippen molar-refractivity contribution < 1.29 is 19.4 Å². The molecule has 0 heterocycles. The van der Waals surface area contributed by atoms with Crippen LogP contribution in [0.1, 0.15) is 52.2 Å². The molecule has 1 rings (SSSR count). The molecule has 0 saturated carbocycles. The van der Waals surface area contributed by atoms with E-state index in [1.807, 2.05) is 18.2 Å². The third-order valence-electron chi connectivity index (χ3n) is 3.64. The van der Waals surface area contributed by atoms with Gasteiger partial charge in [0.2, 0.25) is 5.91 Å². The van der Waals surface area contributed by atoms with Crippen LogP contribution in [0, 0.1) is 5.92 Å². The Hall–Kier alpha value is -2.14. The minimum atomic E-state index is -0.823. The summed E-state index contributed by atoms with van der Waals surface area (Å²) in [5, 5.41) is 13.1. The van der Waals surface area contributed by atoms with E-state index in [9.17, 15) is 14.7 Å². The highest BCUT2D eigenvalue weighted by molar-refractivity contribution is 5.84. The molecule has 0 aromatic heterocycles. The van der Waals surface area contributed by atoms with Crippen LogP contribution in [0.25, 0.3) is 0 Å². The summed E-state index contributed by atoms with van der Waals surface area (Å²) >= 11 is 0. The highest BCUT2D eigenvalue weighted by Crippen LogP contribution is 2.19. The third-order valence-corrected chi connectivity index (χ3v) is 3.64. The third kappa shape index (κ3) is 7.52. The lowest BCUT2D eigenvalue weighted by Gasteiger charge is -2.24. The molecule has 1 aromatic rings. The van der Waals surface area contributed by atoms with Crippen molar-refractivity contribution in [1.82, 2.24) is 5.32 Å². The molecule has 0 spiro atoms. The van der Waals surface area contributed by atoms with Crippen LogP contribution in [0.4, 0.5) is 0 Å². The van der Waals surface area contributed by atoms with E-state index in [0.29, 0.717) is 6.42 Å². The van der Waals surface area contributed by atoms with Gasteiger partial charge in [-0.1, -0.05) is 36.4 Å². The van der Waals surface area contributed by atoms with Gasteiger partial charge in [0.1, 0.15) is 5.60 Å². The van der Waals surface area contributed by atoms with E-state index in [1.165, 1.54) is 0 Å². The van der Waals surface area contributed by atoms with Crippen LogP contribution in [-0.4, -0.2) is 28.6 Å². The molecule has 0 aliphatic heterocycles. The number of rotatable bonds is 8. The smallest absolute Gasteiger partial charge is 0.307 e. The normalized spacial score (nSPS) is 14.9. The highest BCUT2D eigenvalue weighted by atomic mass is 16.6. The van der Waals surface area contributed by atoms with E-state index < -0.39 is 29.6 Å². The van der Waals surface area contributed by atoms with Crippen LogP contribution in [0.3, 0.4) is 0 Å². The van der Waals surface area contributed by atoms with E-state index in [2.05, 4.69) is 11.9 Å². The lowest BCUT2D eigenvalue weighted by molar-refractivity contribution is -0.157. The molecule has 0 aliphatic rings. The second-order valence-corrected chi connectivity index (χ2v) is 7.16. The summed E-state index contributed by atoms with van der Waals surface area (Å²) in [6.07, 6.45) is 1.12. The van der Waals surface area contributed by atoms with Gasteiger partial charge < -0.3 is 15.2 Å². The number of nitrogens with one attached hydrogen (secondary N) is 1. The molecule has 0 bridgehead atoms. The molecule has 0 radical (unpaired) electrons. The number of esters is 1. The second kappa shape index (κ2) is 9.37. The Morgan fingerprint density at radius 2 is 1.88 bits per heavy atom. The largest absolute Gasteiger partial charge is 0.460 e. The Kier molecular flexibility index (Phi) is 7.84. The summed E-state index contributed by atoms with van der Waals surface area (Å²) in [6, 6.07) is 8.64. The summed E-state index contributed by atoms with van der Waals surface area (Å²) < 4.78 is 5.28. The van der Waals surface area contributed by atoms with Gasteiger partial charge in [0.15, 0.2) is 0 Å². The second-order valence-electron chi connectivity index (χ2n) is 7.16. The number of benzene rings is 1. The van der Waals surface area contributed by atoms with Crippen LogP contribution >= 0.6 is 0 Å². The van der Waals surface area contributed by atoms with Gasteiger partial charge >= 0.3 is 5.97 Å². The Morgan fingerprint density at radius 1 is 1.28 bits per heavy atom. The summed E-state index contributed by atoms with van der Waals surface area (Å²) in [5.74, 6) is -1.29. The van der Waals surface area contributed by atoms with Crippen molar-refractivity contribution in [2.45, 2.75) is 58.3 Å². The van der Waals surface area contributed by atoms with Crippen molar-refractivity contribution in [2.75, 3.05) is 0 Å². The molecule has 0 saturated heterocycles. The highest BCUT2D eigenvalue weighted by Gasteiger charge is 2.27. The molecular formula is C20H29NO4. The summed E-state index contributed by atoms with van der Waals surface area (Å²) in [7, 11) is 0. The van der Waals surface area contributed by atoms with Crippen molar-refractivity contribution in [2.24, 2.45) is 5.92 Å². The Bertz CT molecular complexity index is 577. The Morgan fingerprint density at radius 3 is 2.40 bits per heavy atom. The van der Waals surface area contributed by atoms with Crippen molar-refractivity contribution in [1.29, 1.82) is 0 Å². The van der Waals surface area contributed by atoms with Crippen LogP contribution in [0.15, 0.2) is 43.0 Å². The number of carbonyl (C=O) groups is 2. The number of hydrogen-bond acceptors (Lipinski definition) is 4. The zero-order valence-corrected chi connectivity index (χ0v) is 15.5. The zero-order valence-electron chi connectivity index (χ0n) is 15.5. The van der Waals surface area contributed by atoms with E-state index in [0.717, 1.165) is 5.56 Å². The first kappa shape index (κ1) is 20.9.